The Labute approximate surface area is 108 Å². The molecule has 3 aromatic rings. The van der Waals surface area contributed by atoms with Gasteiger partial charge in [-0.2, -0.15) is 0 Å². The molecule has 0 aliphatic rings. The third kappa shape index (κ3) is 2.00. The smallest absolute Gasteiger partial charge is 0.258 e. The zero-order valence-electron chi connectivity index (χ0n) is 9.66. The summed E-state index contributed by atoms with van der Waals surface area (Å²) in [6, 6.07) is 11.5. The first kappa shape index (κ1) is 11.0. The van der Waals surface area contributed by atoms with Crippen molar-refractivity contribution in [2.24, 2.45) is 0 Å². The third-order valence-electron chi connectivity index (χ3n) is 2.47. The molecule has 0 spiro atoms. The lowest BCUT2D eigenvalue weighted by atomic mass is 10.2. The first-order valence-corrected chi connectivity index (χ1v) is 6.26. The van der Waals surface area contributed by atoms with Gasteiger partial charge in [0.05, 0.1) is 12.0 Å². The zero-order chi connectivity index (χ0) is 12.4. The first-order valence-electron chi connectivity index (χ1n) is 5.38. The number of aromatic nitrogens is 2. The van der Waals surface area contributed by atoms with E-state index in [1.54, 1.807) is 18.4 Å². The van der Waals surface area contributed by atoms with E-state index < -0.39 is 0 Å². The molecule has 0 bridgehead atoms. The lowest BCUT2D eigenvalue weighted by molar-refractivity contribution is 0.415. The van der Waals surface area contributed by atoms with Crippen LogP contribution in [0.15, 0.2) is 46.2 Å². The molecule has 0 aliphatic heterocycles. The van der Waals surface area contributed by atoms with Gasteiger partial charge in [-0.1, -0.05) is 12.1 Å². The third-order valence-corrected chi connectivity index (χ3v) is 3.33. The quantitative estimate of drug-likeness (QED) is 0.721. The minimum absolute atomic E-state index is 0.498. The highest BCUT2D eigenvalue weighted by atomic mass is 32.1. The second kappa shape index (κ2) is 4.62. The predicted molar refractivity (Wildman–Crippen MR) is 69.6 cm³/mol. The first-order chi connectivity index (χ1) is 8.86. The average Bonchev–Trinajstić information content (AvgIpc) is 3.09. The van der Waals surface area contributed by atoms with Gasteiger partial charge in [0.15, 0.2) is 0 Å². The summed E-state index contributed by atoms with van der Waals surface area (Å²) in [5, 5.41) is 10.1. The topological polar surface area (TPSA) is 48.2 Å². The number of methoxy groups -OCH3 is 1. The number of rotatable bonds is 3. The molecule has 0 radical (unpaired) electrons. The molecule has 3 rings (SSSR count). The molecule has 0 saturated heterocycles. The van der Waals surface area contributed by atoms with Crippen LogP contribution in [0.4, 0.5) is 0 Å². The van der Waals surface area contributed by atoms with Crippen LogP contribution in [0.25, 0.3) is 22.2 Å². The molecule has 0 atom stereocenters. The molecule has 1 aromatic carbocycles. The molecule has 5 heteroatoms. The van der Waals surface area contributed by atoms with Gasteiger partial charge in [0, 0.05) is 5.56 Å². The number of hydrogen-bond acceptors (Lipinski definition) is 5. The molecule has 18 heavy (non-hydrogen) atoms. The number of nitrogens with zero attached hydrogens (tertiary/aromatic N) is 2. The fourth-order valence-electron chi connectivity index (χ4n) is 1.60. The van der Waals surface area contributed by atoms with E-state index in [0.717, 1.165) is 16.2 Å². The van der Waals surface area contributed by atoms with Crippen LogP contribution in [0.2, 0.25) is 0 Å². The van der Waals surface area contributed by atoms with Crippen molar-refractivity contribution >= 4 is 11.3 Å². The minimum Gasteiger partial charge on any atom is -0.497 e. The van der Waals surface area contributed by atoms with Crippen molar-refractivity contribution in [2.75, 3.05) is 7.11 Å². The Hall–Kier alpha value is -2.14. The summed E-state index contributed by atoms with van der Waals surface area (Å²) < 4.78 is 10.8. The van der Waals surface area contributed by atoms with Crippen LogP contribution in [0.1, 0.15) is 0 Å². The van der Waals surface area contributed by atoms with Gasteiger partial charge in [-0.15, -0.1) is 21.5 Å². The monoisotopic (exact) mass is 258 g/mol. The lowest BCUT2D eigenvalue weighted by Gasteiger charge is -1.99. The largest absolute Gasteiger partial charge is 0.497 e. The Kier molecular flexibility index (Phi) is 2.82. The van der Waals surface area contributed by atoms with Gasteiger partial charge in [-0.25, -0.2) is 0 Å². The molecule has 0 fully saturated rings. The molecular weight excluding hydrogens is 248 g/mol. The normalized spacial score (nSPS) is 10.5. The number of ether oxygens (including phenoxy) is 1. The average molecular weight is 258 g/mol. The Morgan fingerprint density at radius 3 is 2.78 bits per heavy atom. The fourth-order valence-corrected chi connectivity index (χ4v) is 2.24. The molecule has 0 aliphatic carbocycles. The molecule has 0 amide bonds. The van der Waals surface area contributed by atoms with Crippen molar-refractivity contribution in [3.8, 4) is 28.0 Å². The standard InChI is InChI=1S/C13H10N2O2S/c1-16-10-5-2-4-9(8-10)12-14-15-13(17-12)11-6-3-7-18-11/h2-8H,1H3. The maximum atomic E-state index is 5.65. The molecular formula is C13H10N2O2S. The van der Waals surface area contributed by atoms with Crippen LogP contribution in [0.3, 0.4) is 0 Å². The lowest BCUT2D eigenvalue weighted by Crippen LogP contribution is -1.83. The highest BCUT2D eigenvalue weighted by Gasteiger charge is 2.11. The molecule has 0 N–H and O–H groups in total. The van der Waals surface area contributed by atoms with Crippen molar-refractivity contribution in [3.63, 3.8) is 0 Å². The fraction of sp³-hybridized carbons (Fsp3) is 0.0769. The Bertz CT molecular complexity index is 647. The highest BCUT2D eigenvalue weighted by Crippen LogP contribution is 2.28. The van der Waals surface area contributed by atoms with E-state index in [0.29, 0.717) is 11.8 Å². The molecule has 4 nitrogen and oxygen atoms in total. The summed E-state index contributed by atoms with van der Waals surface area (Å²) in [6.45, 7) is 0. The van der Waals surface area contributed by atoms with E-state index in [4.69, 9.17) is 9.15 Å². The van der Waals surface area contributed by atoms with Gasteiger partial charge in [0.2, 0.25) is 5.89 Å². The maximum Gasteiger partial charge on any atom is 0.258 e. The van der Waals surface area contributed by atoms with Crippen LogP contribution >= 0.6 is 11.3 Å². The molecule has 2 aromatic heterocycles. The van der Waals surface area contributed by atoms with Crippen molar-refractivity contribution in [2.45, 2.75) is 0 Å². The van der Waals surface area contributed by atoms with Crippen molar-refractivity contribution in [3.05, 3.63) is 41.8 Å². The molecule has 90 valence electrons. The predicted octanol–water partition coefficient (Wildman–Crippen LogP) is 3.47. The van der Waals surface area contributed by atoms with Gasteiger partial charge in [-0.05, 0) is 29.6 Å². The number of hydrogen-bond donors (Lipinski definition) is 0. The van der Waals surface area contributed by atoms with Crippen LogP contribution in [0, 0.1) is 0 Å². The van der Waals surface area contributed by atoms with Crippen molar-refractivity contribution < 1.29 is 9.15 Å². The summed E-state index contributed by atoms with van der Waals surface area (Å²) in [4.78, 5) is 0.969. The van der Waals surface area contributed by atoms with Crippen LogP contribution in [-0.2, 0) is 0 Å². The van der Waals surface area contributed by atoms with Gasteiger partial charge in [0.25, 0.3) is 5.89 Å². The van der Waals surface area contributed by atoms with E-state index >= 15 is 0 Å². The second-order valence-electron chi connectivity index (χ2n) is 3.62. The zero-order valence-corrected chi connectivity index (χ0v) is 10.5. The van der Waals surface area contributed by atoms with Crippen LogP contribution < -0.4 is 4.74 Å². The second-order valence-corrected chi connectivity index (χ2v) is 4.57. The summed E-state index contributed by atoms with van der Waals surface area (Å²) in [7, 11) is 1.63. The Morgan fingerprint density at radius 2 is 2.00 bits per heavy atom. The Morgan fingerprint density at radius 1 is 1.11 bits per heavy atom. The van der Waals surface area contributed by atoms with E-state index in [-0.39, 0.29) is 0 Å². The van der Waals surface area contributed by atoms with E-state index in [9.17, 15) is 0 Å². The molecule has 0 unspecified atom stereocenters. The SMILES string of the molecule is COc1cccc(-c2nnc(-c3cccs3)o2)c1. The molecule has 0 saturated carbocycles. The van der Waals surface area contributed by atoms with Crippen LogP contribution in [-0.4, -0.2) is 17.3 Å². The number of benzene rings is 1. The van der Waals surface area contributed by atoms with Gasteiger partial charge in [0.1, 0.15) is 5.75 Å². The van der Waals surface area contributed by atoms with Crippen LogP contribution in [0.5, 0.6) is 5.75 Å². The van der Waals surface area contributed by atoms with Gasteiger partial charge in [-0.3, -0.25) is 0 Å². The summed E-state index contributed by atoms with van der Waals surface area (Å²) in [5.41, 5.74) is 0.852. The Balaban J connectivity index is 1.97. The molecule has 2 heterocycles. The highest BCUT2D eigenvalue weighted by molar-refractivity contribution is 7.13. The van der Waals surface area contributed by atoms with Crippen molar-refractivity contribution in [1.82, 2.24) is 10.2 Å². The van der Waals surface area contributed by atoms with E-state index in [1.165, 1.54) is 0 Å². The number of thiophene rings is 1. The summed E-state index contributed by atoms with van der Waals surface area (Å²) >= 11 is 1.57. The summed E-state index contributed by atoms with van der Waals surface area (Å²) in [5.74, 6) is 1.81. The van der Waals surface area contributed by atoms with E-state index in [2.05, 4.69) is 10.2 Å². The van der Waals surface area contributed by atoms with Gasteiger partial charge < -0.3 is 9.15 Å². The van der Waals surface area contributed by atoms with Gasteiger partial charge >= 0.3 is 0 Å². The summed E-state index contributed by atoms with van der Waals surface area (Å²) in [6.07, 6.45) is 0. The van der Waals surface area contributed by atoms with Crippen molar-refractivity contribution in [1.29, 1.82) is 0 Å². The van der Waals surface area contributed by atoms with E-state index in [1.807, 2.05) is 41.8 Å². The minimum atomic E-state index is 0.498. The maximum absolute atomic E-state index is 5.65.